The molecule has 1 aliphatic heterocycles. The lowest BCUT2D eigenvalue weighted by Gasteiger charge is -2.39. The van der Waals surface area contributed by atoms with Gasteiger partial charge in [0.2, 0.25) is 0 Å². The third kappa shape index (κ3) is 2.60. The molecule has 17 heavy (non-hydrogen) atoms. The molecular weight excluding hydrogens is 230 g/mol. The van der Waals surface area contributed by atoms with Gasteiger partial charge >= 0.3 is 0 Å². The first kappa shape index (κ1) is 13.2. The molecule has 0 N–H and O–H groups in total. The minimum Gasteiger partial charge on any atom is -0.252 e. The Morgan fingerprint density at radius 1 is 1.41 bits per heavy atom. The van der Waals surface area contributed by atoms with Crippen LogP contribution in [0.15, 0.2) is 11.6 Å². The van der Waals surface area contributed by atoms with E-state index in [2.05, 4.69) is 37.0 Å². The number of hydrogen-bond acceptors (Lipinski definition) is 1. The molecular formula is C14H25NOS. The van der Waals surface area contributed by atoms with Crippen molar-refractivity contribution in [3.8, 4) is 0 Å². The first-order valence-electron chi connectivity index (χ1n) is 6.62. The quantitative estimate of drug-likeness (QED) is 0.549. The van der Waals surface area contributed by atoms with Gasteiger partial charge < -0.3 is 0 Å². The molecule has 1 aliphatic carbocycles. The Hall–Kier alpha value is -0.280. The van der Waals surface area contributed by atoms with E-state index in [1.54, 1.807) is 0 Å². The molecule has 1 fully saturated rings. The van der Waals surface area contributed by atoms with Gasteiger partial charge in [0.05, 0.1) is 0 Å². The standard InChI is InChI=1S/C14H25NOS/c1-14(2,3)12-8-10-15(11-9-12)17(4,16)13-6-5-7-13/h8,13H,4-7,9-11H2,1-3H3. The molecule has 98 valence electrons. The highest BCUT2D eigenvalue weighted by molar-refractivity contribution is 7.98. The van der Waals surface area contributed by atoms with Gasteiger partial charge in [0.1, 0.15) is 0 Å². The van der Waals surface area contributed by atoms with Crippen molar-refractivity contribution in [3.63, 3.8) is 0 Å². The van der Waals surface area contributed by atoms with Gasteiger partial charge in [-0.3, -0.25) is 4.21 Å². The molecule has 0 aromatic heterocycles. The minimum atomic E-state index is -2.01. The molecule has 0 aromatic carbocycles. The number of hydrogen-bond donors (Lipinski definition) is 0. The average molecular weight is 255 g/mol. The summed E-state index contributed by atoms with van der Waals surface area (Å²) >= 11 is 0. The van der Waals surface area contributed by atoms with Crippen molar-refractivity contribution in [1.29, 1.82) is 0 Å². The van der Waals surface area contributed by atoms with Gasteiger partial charge in [-0.25, -0.2) is 4.31 Å². The number of rotatable bonds is 2. The normalized spacial score (nSPS) is 27.1. The molecule has 0 amide bonds. The van der Waals surface area contributed by atoms with Gasteiger partial charge in [0, 0.05) is 28.0 Å². The zero-order valence-electron chi connectivity index (χ0n) is 11.4. The van der Waals surface area contributed by atoms with E-state index in [4.69, 9.17) is 0 Å². The van der Waals surface area contributed by atoms with Gasteiger partial charge in [-0.2, -0.15) is 0 Å². The van der Waals surface area contributed by atoms with Crippen LogP contribution in [-0.2, 0) is 9.71 Å². The van der Waals surface area contributed by atoms with Crippen molar-refractivity contribution in [2.45, 2.75) is 51.7 Å². The predicted octanol–water partition coefficient (Wildman–Crippen LogP) is 2.85. The highest BCUT2D eigenvalue weighted by Gasteiger charge is 2.32. The van der Waals surface area contributed by atoms with Gasteiger partial charge in [0.15, 0.2) is 0 Å². The second-order valence-electron chi connectivity index (χ2n) is 6.36. The van der Waals surface area contributed by atoms with Crippen molar-refractivity contribution in [3.05, 3.63) is 11.6 Å². The lowest BCUT2D eigenvalue weighted by atomic mass is 9.83. The summed E-state index contributed by atoms with van der Waals surface area (Å²) in [5, 5.41) is 0.354. The van der Waals surface area contributed by atoms with Crippen LogP contribution in [0, 0.1) is 5.41 Å². The van der Waals surface area contributed by atoms with Gasteiger partial charge in [-0.15, -0.1) is 0 Å². The Morgan fingerprint density at radius 2 is 2.06 bits per heavy atom. The molecule has 0 bridgehead atoms. The lowest BCUT2D eigenvalue weighted by Crippen LogP contribution is -2.44. The van der Waals surface area contributed by atoms with Crippen molar-refractivity contribution in [2.75, 3.05) is 13.1 Å². The third-order valence-electron chi connectivity index (χ3n) is 4.15. The van der Waals surface area contributed by atoms with Gasteiger partial charge in [0.25, 0.3) is 0 Å². The van der Waals surface area contributed by atoms with Crippen LogP contribution in [0.1, 0.15) is 46.5 Å². The van der Waals surface area contributed by atoms with Crippen LogP contribution >= 0.6 is 0 Å². The van der Waals surface area contributed by atoms with E-state index < -0.39 is 9.71 Å². The lowest BCUT2D eigenvalue weighted by molar-refractivity contribution is 0.392. The monoisotopic (exact) mass is 255 g/mol. The molecule has 2 nitrogen and oxygen atoms in total. The summed E-state index contributed by atoms with van der Waals surface area (Å²) in [6.07, 6.45) is 6.76. The molecule has 0 radical (unpaired) electrons. The summed E-state index contributed by atoms with van der Waals surface area (Å²) in [6, 6.07) is 0. The molecule has 1 atom stereocenters. The smallest absolute Gasteiger partial charge is 0.0404 e. The molecule has 0 spiro atoms. The predicted molar refractivity (Wildman–Crippen MR) is 76.6 cm³/mol. The summed E-state index contributed by atoms with van der Waals surface area (Å²) < 4.78 is 14.8. The summed E-state index contributed by atoms with van der Waals surface area (Å²) in [5.41, 5.74) is 1.75. The van der Waals surface area contributed by atoms with E-state index in [-0.39, 0.29) is 5.41 Å². The highest BCUT2D eigenvalue weighted by atomic mass is 32.2. The van der Waals surface area contributed by atoms with Crippen LogP contribution in [0.4, 0.5) is 0 Å². The Kier molecular flexibility index (Phi) is 3.43. The first-order chi connectivity index (χ1) is 7.82. The zero-order chi connectivity index (χ0) is 12.7. The van der Waals surface area contributed by atoms with E-state index >= 15 is 0 Å². The van der Waals surface area contributed by atoms with E-state index in [0.717, 1.165) is 32.4 Å². The second-order valence-corrected chi connectivity index (χ2v) is 8.92. The molecule has 0 aromatic rings. The fourth-order valence-electron chi connectivity index (χ4n) is 2.56. The molecule has 2 rings (SSSR count). The highest BCUT2D eigenvalue weighted by Crippen LogP contribution is 2.33. The van der Waals surface area contributed by atoms with Crippen LogP contribution in [0.5, 0.6) is 0 Å². The largest absolute Gasteiger partial charge is 0.252 e. The van der Waals surface area contributed by atoms with Crippen molar-refractivity contribution < 1.29 is 4.21 Å². The summed E-state index contributed by atoms with van der Waals surface area (Å²) in [6.45, 7) is 8.50. The van der Waals surface area contributed by atoms with E-state index in [9.17, 15) is 4.21 Å². The molecule has 0 saturated heterocycles. The Labute approximate surface area is 106 Å². The van der Waals surface area contributed by atoms with Crippen LogP contribution < -0.4 is 0 Å². The van der Waals surface area contributed by atoms with Crippen LogP contribution in [-0.4, -0.2) is 32.7 Å². The van der Waals surface area contributed by atoms with E-state index in [0.29, 0.717) is 5.25 Å². The van der Waals surface area contributed by atoms with Gasteiger partial charge in [-0.05, 0) is 30.5 Å². The summed E-state index contributed by atoms with van der Waals surface area (Å²) in [4.78, 5) is 0. The maximum Gasteiger partial charge on any atom is 0.0404 e. The maximum atomic E-state index is 12.7. The number of nitrogens with zero attached hydrogens (tertiary/aromatic N) is 1. The fraction of sp³-hybridized carbons (Fsp3) is 0.786. The maximum absolute atomic E-state index is 12.7. The topological polar surface area (TPSA) is 20.3 Å². The molecule has 1 unspecified atom stereocenters. The van der Waals surface area contributed by atoms with Crippen LogP contribution in [0.25, 0.3) is 0 Å². The average Bonchev–Trinajstić information content (AvgIpc) is 2.13. The zero-order valence-corrected chi connectivity index (χ0v) is 12.2. The van der Waals surface area contributed by atoms with Gasteiger partial charge in [-0.1, -0.05) is 38.8 Å². The minimum absolute atomic E-state index is 0.255. The summed E-state index contributed by atoms with van der Waals surface area (Å²) in [7, 11) is -2.01. The molecule has 1 heterocycles. The van der Waals surface area contributed by atoms with Crippen molar-refractivity contribution >= 4 is 15.6 Å². The van der Waals surface area contributed by atoms with E-state index in [1.165, 1.54) is 12.0 Å². The second kappa shape index (κ2) is 4.43. The van der Waals surface area contributed by atoms with Crippen LogP contribution in [0.3, 0.4) is 0 Å². The Bertz CT molecular complexity index is 410. The van der Waals surface area contributed by atoms with Crippen molar-refractivity contribution in [2.24, 2.45) is 5.41 Å². The Balaban J connectivity index is 2.06. The molecule has 3 heteroatoms. The van der Waals surface area contributed by atoms with Crippen molar-refractivity contribution in [1.82, 2.24) is 4.31 Å². The molecule has 2 aliphatic rings. The SMILES string of the molecule is C=S(=O)(C1CCC1)N1CC=C(C(C)(C)C)CC1. The fourth-order valence-corrected chi connectivity index (χ4v) is 4.78. The van der Waals surface area contributed by atoms with Crippen LogP contribution in [0.2, 0.25) is 0 Å². The van der Waals surface area contributed by atoms with E-state index in [1.807, 2.05) is 0 Å². The molecule has 1 saturated carbocycles. The third-order valence-corrected chi connectivity index (χ3v) is 6.86. The summed E-state index contributed by atoms with van der Waals surface area (Å²) in [5.74, 6) is 4.03. The Morgan fingerprint density at radius 3 is 2.41 bits per heavy atom. The first-order valence-corrected chi connectivity index (χ1v) is 8.37.